The third-order valence-corrected chi connectivity index (χ3v) is 5.62. The normalized spacial score (nSPS) is 10.4. The van der Waals surface area contributed by atoms with Crippen molar-refractivity contribution in [1.82, 2.24) is 9.13 Å². The van der Waals surface area contributed by atoms with Crippen molar-refractivity contribution < 1.29 is 9.59 Å². The highest BCUT2D eigenvalue weighted by Crippen LogP contribution is 2.06. The molecule has 0 saturated heterocycles. The van der Waals surface area contributed by atoms with Crippen LogP contribution in [0.2, 0.25) is 0 Å². The lowest BCUT2D eigenvalue weighted by Gasteiger charge is -2.34. The smallest absolute Gasteiger partial charge is 0.278 e. The molecule has 0 heterocycles. The highest BCUT2D eigenvalue weighted by molar-refractivity contribution is 6.63. The molecule has 0 saturated carbocycles. The molecule has 0 aromatic rings. The van der Waals surface area contributed by atoms with E-state index < -0.39 is 9.12 Å². The Morgan fingerprint density at radius 3 is 1.67 bits per heavy atom. The molecule has 5 heteroatoms. The average Bonchev–Trinajstić information content (AvgIpc) is 2.30. The van der Waals surface area contributed by atoms with Gasteiger partial charge in [-0.15, -0.1) is 13.2 Å². The van der Waals surface area contributed by atoms with Gasteiger partial charge in [0.1, 0.15) is 0 Å². The lowest BCUT2D eigenvalue weighted by atomic mass is 10.6. The van der Waals surface area contributed by atoms with Gasteiger partial charge in [-0.05, 0) is 6.92 Å². The summed E-state index contributed by atoms with van der Waals surface area (Å²) in [6.07, 6.45) is 5.24. The van der Waals surface area contributed by atoms with Gasteiger partial charge in [0.15, 0.2) is 0 Å². The molecule has 0 atom stereocenters. The predicted octanol–water partition coefficient (Wildman–Crippen LogP) is 1.39. The Labute approximate surface area is 111 Å². The van der Waals surface area contributed by atoms with Gasteiger partial charge >= 0.3 is 0 Å². The van der Waals surface area contributed by atoms with Crippen molar-refractivity contribution in [3.8, 4) is 0 Å². The highest BCUT2D eigenvalue weighted by Gasteiger charge is 2.27. The molecule has 0 aliphatic carbocycles. The Morgan fingerprint density at radius 1 is 1.06 bits per heavy atom. The van der Waals surface area contributed by atoms with Gasteiger partial charge in [-0.3, -0.25) is 9.59 Å². The fraction of sp³-hybridized carbons (Fsp3) is 0.385. The summed E-state index contributed by atoms with van der Waals surface area (Å²) in [7, 11) is -1.97. The predicted molar refractivity (Wildman–Crippen MR) is 77.1 cm³/mol. The molecule has 0 fully saturated rings. The van der Waals surface area contributed by atoms with Crippen LogP contribution in [0.5, 0.6) is 0 Å². The third-order valence-electron chi connectivity index (χ3n) is 2.46. The highest BCUT2D eigenvalue weighted by atomic mass is 28.3. The molecule has 0 bridgehead atoms. The Hall–Kier alpha value is -1.62. The first-order valence-corrected chi connectivity index (χ1v) is 7.58. The molecule has 0 spiro atoms. The van der Waals surface area contributed by atoms with Gasteiger partial charge in [0.25, 0.3) is 9.12 Å². The quantitative estimate of drug-likeness (QED) is 0.516. The Kier molecular flexibility index (Phi) is 7.70. The van der Waals surface area contributed by atoms with Gasteiger partial charge < -0.3 is 9.13 Å². The maximum absolute atomic E-state index is 11.7. The summed E-state index contributed by atoms with van der Waals surface area (Å²) < 4.78 is 3.44. The van der Waals surface area contributed by atoms with E-state index in [2.05, 4.69) is 13.2 Å². The first-order valence-electron chi connectivity index (χ1n) is 5.88. The molecule has 18 heavy (non-hydrogen) atoms. The molecule has 100 valence electrons. The SMILES string of the molecule is C=CCN(C(C)=O)[SiH](C=CC)N(CC=C)C(C)=O. The zero-order valence-corrected chi connectivity index (χ0v) is 12.6. The zero-order valence-electron chi connectivity index (χ0n) is 11.4. The molecule has 2 amide bonds. The van der Waals surface area contributed by atoms with E-state index in [1.54, 1.807) is 21.3 Å². The molecule has 0 aliphatic rings. The van der Waals surface area contributed by atoms with Crippen LogP contribution in [-0.4, -0.2) is 43.2 Å². The second-order valence-corrected chi connectivity index (χ2v) is 6.32. The van der Waals surface area contributed by atoms with E-state index in [9.17, 15) is 9.59 Å². The molecular weight excluding hydrogens is 244 g/mol. The number of amides is 2. The minimum atomic E-state index is -1.97. The molecule has 0 rings (SSSR count). The van der Waals surface area contributed by atoms with E-state index >= 15 is 0 Å². The van der Waals surface area contributed by atoms with Gasteiger partial charge in [0.2, 0.25) is 11.8 Å². The standard InChI is InChI=1S/C13H22N2O2Si/c1-6-9-14(12(4)16)18(11-8-3)15(10-7-2)13(5)17/h6-8,11,18H,1-2,9-10H2,3-5H3. The number of allylic oxidation sites excluding steroid dienone is 1. The number of nitrogens with zero attached hydrogens (tertiary/aromatic N) is 2. The van der Waals surface area contributed by atoms with Gasteiger partial charge in [0, 0.05) is 26.9 Å². The first-order chi connectivity index (χ1) is 8.49. The van der Waals surface area contributed by atoms with Crippen LogP contribution in [-0.2, 0) is 9.59 Å². The minimum Gasteiger partial charge on any atom is -0.347 e. The van der Waals surface area contributed by atoms with Crippen LogP contribution in [0.4, 0.5) is 0 Å². The van der Waals surface area contributed by atoms with Crippen molar-refractivity contribution in [3.05, 3.63) is 37.1 Å². The number of hydrogen-bond donors (Lipinski definition) is 0. The second kappa shape index (κ2) is 8.47. The Morgan fingerprint density at radius 2 is 1.44 bits per heavy atom. The number of carbonyl (C=O) groups excluding carboxylic acids is 2. The van der Waals surface area contributed by atoms with Crippen molar-refractivity contribution in [2.45, 2.75) is 20.8 Å². The maximum atomic E-state index is 11.7. The molecular formula is C13H22N2O2Si. The van der Waals surface area contributed by atoms with Crippen LogP contribution in [0.3, 0.4) is 0 Å². The van der Waals surface area contributed by atoms with E-state index in [0.717, 1.165) is 0 Å². The van der Waals surface area contributed by atoms with Crippen LogP contribution < -0.4 is 0 Å². The van der Waals surface area contributed by atoms with E-state index in [1.807, 2.05) is 18.7 Å². The van der Waals surface area contributed by atoms with Gasteiger partial charge in [-0.1, -0.05) is 23.9 Å². The van der Waals surface area contributed by atoms with Crippen molar-refractivity contribution in [2.75, 3.05) is 13.1 Å². The Bertz CT molecular complexity index is 325. The number of carbonyl (C=O) groups is 2. The van der Waals surface area contributed by atoms with E-state index in [4.69, 9.17) is 0 Å². The number of rotatable bonds is 7. The summed E-state index contributed by atoms with van der Waals surface area (Å²) in [6, 6.07) is 0. The van der Waals surface area contributed by atoms with Crippen LogP contribution in [0, 0.1) is 0 Å². The van der Waals surface area contributed by atoms with Crippen molar-refractivity contribution in [3.63, 3.8) is 0 Å². The minimum absolute atomic E-state index is 0.0417. The summed E-state index contributed by atoms with van der Waals surface area (Å²) in [5, 5.41) is 0. The van der Waals surface area contributed by atoms with Gasteiger partial charge in [0.05, 0.1) is 0 Å². The maximum Gasteiger partial charge on any atom is 0.278 e. The van der Waals surface area contributed by atoms with E-state index in [0.29, 0.717) is 13.1 Å². The van der Waals surface area contributed by atoms with E-state index in [1.165, 1.54) is 13.8 Å². The van der Waals surface area contributed by atoms with Crippen LogP contribution >= 0.6 is 0 Å². The van der Waals surface area contributed by atoms with Crippen molar-refractivity contribution in [2.24, 2.45) is 0 Å². The fourth-order valence-corrected chi connectivity index (χ4v) is 4.24. The fourth-order valence-electron chi connectivity index (χ4n) is 1.67. The summed E-state index contributed by atoms with van der Waals surface area (Å²) in [6.45, 7) is 13.1. The van der Waals surface area contributed by atoms with Crippen LogP contribution in [0.1, 0.15) is 20.8 Å². The molecule has 0 N–H and O–H groups in total. The Balaban J connectivity index is 5.32. The molecule has 0 aromatic carbocycles. The molecule has 0 unspecified atom stereocenters. The van der Waals surface area contributed by atoms with Gasteiger partial charge in [-0.2, -0.15) is 0 Å². The lowest BCUT2D eigenvalue weighted by molar-refractivity contribution is -0.126. The van der Waals surface area contributed by atoms with Crippen molar-refractivity contribution in [1.29, 1.82) is 0 Å². The second-order valence-electron chi connectivity index (χ2n) is 3.86. The van der Waals surface area contributed by atoms with Crippen LogP contribution in [0.15, 0.2) is 37.1 Å². The van der Waals surface area contributed by atoms with E-state index in [-0.39, 0.29) is 11.8 Å². The summed E-state index contributed by atoms with van der Waals surface area (Å²) in [5.74, 6) is -0.0834. The molecule has 0 aliphatic heterocycles. The van der Waals surface area contributed by atoms with Crippen molar-refractivity contribution >= 4 is 20.9 Å². The topological polar surface area (TPSA) is 40.6 Å². The largest absolute Gasteiger partial charge is 0.347 e. The first kappa shape index (κ1) is 16.4. The summed E-state index contributed by atoms with van der Waals surface area (Å²) in [5.41, 5.74) is 1.95. The van der Waals surface area contributed by atoms with Crippen LogP contribution in [0.25, 0.3) is 0 Å². The number of hydrogen-bond acceptors (Lipinski definition) is 2. The van der Waals surface area contributed by atoms with Gasteiger partial charge in [-0.25, -0.2) is 0 Å². The molecule has 4 nitrogen and oxygen atoms in total. The zero-order chi connectivity index (χ0) is 14.1. The molecule has 0 aromatic heterocycles. The summed E-state index contributed by atoms with van der Waals surface area (Å²) >= 11 is 0. The average molecular weight is 266 g/mol. The monoisotopic (exact) mass is 266 g/mol. The summed E-state index contributed by atoms with van der Waals surface area (Å²) in [4.78, 5) is 23.4. The molecule has 0 radical (unpaired) electrons. The lowest BCUT2D eigenvalue weighted by Crippen LogP contribution is -2.55. The third kappa shape index (κ3) is 4.71.